The number of carbonyl (C=O) groups is 1. The Labute approximate surface area is 113 Å². The summed E-state index contributed by atoms with van der Waals surface area (Å²) in [5.74, 6) is -2.27. The second-order valence-electron chi connectivity index (χ2n) is 4.50. The Balaban J connectivity index is 2.51. The van der Waals surface area contributed by atoms with E-state index in [-0.39, 0.29) is 11.7 Å². The van der Waals surface area contributed by atoms with E-state index in [1.54, 1.807) is 11.8 Å². The maximum Gasteiger partial charge on any atom is 0.342 e. The maximum atomic E-state index is 14.0. The van der Waals surface area contributed by atoms with Gasteiger partial charge in [0, 0.05) is 12.6 Å². The van der Waals surface area contributed by atoms with Gasteiger partial charge in [-0.05, 0) is 13.0 Å². The summed E-state index contributed by atoms with van der Waals surface area (Å²) in [6.45, 7) is 2.98. The van der Waals surface area contributed by atoms with Crippen LogP contribution in [0.2, 0.25) is 0 Å². The lowest BCUT2D eigenvalue weighted by atomic mass is 10.1. The fourth-order valence-corrected chi connectivity index (χ4v) is 2.18. The second-order valence-corrected chi connectivity index (χ2v) is 4.50. The topological polar surface area (TPSA) is 92.9 Å². The molecule has 7 nitrogen and oxygen atoms in total. The standard InChI is InChI=1S/C12H13FN2O5/c1-7-6-20-3-2-14(7)11-4-8(12(16)17)10(15(18)19)5-9(11)13/h4-5,7H,2-3,6H2,1H3,(H,16,17). The van der Waals surface area contributed by atoms with Crippen molar-refractivity contribution < 1.29 is 24.0 Å². The zero-order chi connectivity index (χ0) is 14.9. The van der Waals surface area contributed by atoms with Crippen LogP contribution in [-0.4, -0.2) is 41.8 Å². The number of ether oxygens (including phenoxy) is 1. The molecule has 1 aliphatic rings. The Kier molecular flexibility index (Phi) is 3.84. The Morgan fingerprint density at radius 1 is 1.60 bits per heavy atom. The van der Waals surface area contributed by atoms with Gasteiger partial charge in [0.05, 0.1) is 29.9 Å². The third-order valence-corrected chi connectivity index (χ3v) is 3.17. The molecule has 1 unspecified atom stereocenters. The molecule has 0 aliphatic carbocycles. The normalized spacial score (nSPS) is 18.9. The molecule has 2 rings (SSSR count). The van der Waals surface area contributed by atoms with E-state index in [0.717, 1.165) is 6.07 Å². The highest BCUT2D eigenvalue weighted by molar-refractivity contribution is 5.93. The summed E-state index contributed by atoms with van der Waals surface area (Å²) in [5.41, 5.74) is -1.23. The van der Waals surface area contributed by atoms with Gasteiger partial charge >= 0.3 is 5.97 Å². The number of aromatic carboxylic acids is 1. The molecule has 1 aromatic carbocycles. The number of carboxylic acids is 1. The first kappa shape index (κ1) is 14.2. The zero-order valence-corrected chi connectivity index (χ0v) is 10.7. The number of carboxylic acid groups (broad SMARTS) is 1. The fraction of sp³-hybridized carbons (Fsp3) is 0.417. The highest BCUT2D eigenvalue weighted by atomic mass is 19.1. The minimum atomic E-state index is -1.46. The molecule has 1 aromatic rings. The van der Waals surface area contributed by atoms with E-state index in [2.05, 4.69) is 0 Å². The van der Waals surface area contributed by atoms with Crippen molar-refractivity contribution in [2.75, 3.05) is 24.7 Å². The third kappa shape index (κ3) is 2.55. The van der Waals surface area contributed by atoms with Gasteiger partial charge in [-0.25, -0.2) is 9.18 Å². The average Bonchev–Trinajstić information content (AvgIpc) is 2.39. The average molecular weight is 284 g/mol. The number of halogens is 1. The van der Waals surface area contributed by atoms with E-state index in [1.165, 1.54) is 0 Å². The summed E-state index contributed by atoms with van der Waals surface area (Å²) in [5, 5.41) is 19.8. The van der Waals surface area contributed by atoms with E-state index in [0.29, 0.717) is 25.8 Å². The van der Waals surface area contributed by atoms with Crippen LogP contribution in [0.5, 0.6) is 0 Å². The lowest BCUT2D eigenvalue weighted by Crippen LogP contribution is -2.44. The Hall–Kier alpha value is -2.22. The molecule has 1 fully saturated rings. The van der Waals surface area contributed by atoms with Gasteiger partial charge in [-0.1, -0.05) is 0 Å². The van der Waals surface area contributed by atoms with Crippen molar-refractivity contribution in [1.82, 2.24) is 0 Å². The molecule has 1 aliphatic heterocycles. The molecular formula is C12H13FN2O5. The Morgan fingerprint density at radius 2 is 2.30 bits per heavy atom. The van der Waals surface area contributed by atoms with Gasteiger partial charge in [0.1, 0.15) is 5.56 Å². The van der Waals surface area contributed by atoms with Gasteiger partial charge in [-0.2, -0.15) is 0 Å². The van der Waals surface area contributed by atoms with Gasteiger partial charge in [0.2, 0.25) is 0 Å². The van der Waals surface area contributed by atoms with Crippen molar-refractivity contribution in [2.24, 2.45) is 0 Å². The molecular weight excluding hydrogens is 271 g/mol. The van der Waals surface area contributed by atoms with E-state index >= 15 is 0 Å². The van der Waals surface area contributed by atoms with E-state index in [4.69, 9.17) is 9.84 Å². The van der Waals surface area contributed by atoms with Crippen LogP contribution in [0, 0.1) is 15.9 Å². The highest BCUT2D eigenvalue weighted by Gasteiger charge is 2.28. The summed E-state index contributed by atoms with van der Waals surface area (Å²) in [6, 6.07) is 1.53. The number of nitro benzene ring substituents is 1. The number of rotatable bonds is 3. The van der Waals surface area contributed by atoms with Crippen molar-refractivity contribution in [3.8, 4) is 0 Å². The Morgan fingerprint density at radius 3 is 2.85 bits per heavy atom. The van der Waals surface area contributed by atoms with E-state index < -0.39 is 28.0 Å². The molecule has 0 bridgehead atoms. The van der Waals surface area contributed by atoms with Crippen LogP contribution in [0.25, 0.3) is 0 Å². The smallest absolute Gasteiger partial charge is 0.342 e. The number of morpholine rings is 1. The van der Waals surface area contributed by atoms with E-state index in [9.17, 15) is 19.3 Å². The molecule has 1 heterocycles. The quantitative estimate of drug-likeness (QED) is 0.670. The van der Waals surface area contributed by atoms with Crippen molar-refractivity contribution in [3.63, 3.8) is 0 Å². The summed E-state index contributed by atoms with van der Waals surface area (Å²) >= 11 is 0. The number of hydrogen-bond donors (Lipinski definition) is 1. The third-order valence-electron chi connectivity index (χ3n) is 3.17. The van der Waals surface area contributed by atoms with Crippen LogP contribution in [-0.2, 0) is 4.74 Å². The molecule has 1 atom stereocenters. The largest absolute Gasteiger partial charge is 0.477 e. The highest BCUT2D eigenvalue weighted by Crippen LogP contribution is 2.30. The molecule has 1 N–H and O–H groups in total. The van der Waals surface area contributed by atoms with Gasteiger partial charge < -0.3 is 14.7 Å². The minimum Gasteiger partial charge on any atom is -0.477 e. The predicted octanol–water partition coefficient (Wildman–Crippen LogP) is 1.66. The summed E-state index contributed by atoms with van der Waals surface area (Å²) in [4.78, 5) is 22.6. The lowest BCUT2D eigenvalue weighted by Gasteiger charge is -2.35. The first-order chi connectivity index (χ1) is 9.41. The minimum absolute atomic E-state index is 0.0452. The predicted molar refractivity (Wildman–Crippen MR) is 67.6 cm³/mol. The molecule has 0 saturated carbocycles. The Bertz CT molecular complexity index is 563. The summed E-state index contributed by atoms with van der Waals surface area (Å²) < 4.78 is 19.3. The molecule has 108 valence electrons. The summed E-state index contributed by atoms with van der Waals surface area (Å²) in [7, 11) is 0. The molecule has 0 radical (unpaired) electrons. The summed E-state index contributed by atoms with van der Waals surface area (Å²) in [6.07, 6.45) is 0. The number of nitrogens with zero attached hydrogens (tertiary/aromatic N) is 2. The zero-order valence-electron chi connectivity index (χ0n) is 10.7. The monoisotopic (exact) mass is 284 g/mol. The molecule has 1 saturated heterocycles. The maximum absolute atomic E-state index is 14.0. The lowest BCUT2D eigenvalue weighted by molar-refractivity contribution is -0.385. The molecule has 0 amide bonds. The molecule has 20 heavy (non-hydrogen) atoms. The molecule has 8 heteroatoms. The first-order valence-electron chi connectivity index (χ1n) is 5.97. The van der Waals surface area contributed by atoms with Crippen molar-refractivity contribution in [3.05, 3.63) is 33.6 Å². The van der Waals surface area contributed by atoms with Crippen LogP contribution in [0.3, 0.4) is 0 Å². The molecule has 0 aromatic heterocycles. The SMILES string of the molecule is CC1COCCN1c1cc(C(=O)O)c([N+](=O)[O-])cc1F. The van der Waals surface area contributed by atoms with Gasteiger partial charge in [-0.3, -0.25) is 10.1 Å². The van der Waals surface area contributed by atoms with Crippen LogP contribution in [0.1, 0.15) is 17.3 Å². The van der Waals surface area contributed by atoms with Crippen LogP contribution in [0.15, 0.2) is 12.1 Å². The number of anilines is 1. The van der Waals surface area contributed by atoms with Crippen LogP contribution in [0.4, 0.5) is 15.8 Å². The molecule has 0 spiro atoms. The first-order valence-corrected chi connectivity index (χ1v) is 5.97. The van der Waals surface area contributed by atoms with Crippen molar-refractivity contribution in [1.29, 1.82) is 0 Å². The number of nitro groups is 1. The second kappa shape index (κ2) is 5.41. The van der Waals surface area contributed by atoms with Gasteiger partial charge in [0.15, 0.2) is 5.82 Å². The van der Waals surface area contributed by atoms with Crippen LogP contribution < -0.4 is 4.90 Å². The number of benzene rings is 1. The number of hydrogen-bond acceptors (Lipinski definition) is 5. The van der Waals surface area contributed by atoms with Gasteiger partial charge in [-0.15, -0.1) is 0 Å². The van der Waals surface area contributed by atoms with Crippen molar-refractivity contribution >= 4 is 17.3 Å². The van der Waals surface area contributed by atoms with Crippen molar-refractivity contribution in [2.45, 2.75) is 13.0 Å². The fourth-order valence-electron chi connectivity index (χ4n) is 2.18. The van der Waals surface area contributed by atoms with E-state index in [1.807, 2.05) is 0 Å². The van der Waals surface area contributed by atoms with Gasteiger partial charge in [0.25, 0.3) is 5.69 Å². The van der Waals surface area contributed by atoms with Crippen LogP contribution >= 0.6 is 0 Å².